The summed E-state index contributed by atoms with van der Waals surface area (Å²) >= 11 is 0. The number of hydrogen-bond acceptors (Lipinski definition) is 3. The van der Waals surface area contributed by atoms with Crippen molar-refractivity contribution in [1.82, 2.24) is 0 Å². The fourth-order valence-electron chi connectivity index (χ4n) is 2.25. The monoisotopic (exact) mass is 262 g/mol. The lowest BCUT2D eigenvalue weighted by molar-refractivity contribution is 0.484. The van der Waals surface area contributed by atoms with Gasteiger partial charge in [0.1, 0.15) is 5.84 Å². The van der Waals surface area contributed by atoms with E-state index in [0.29, 0.717) is 11.4 Å². The van der Waals surface area contributed by atoms with Gasteiger partial charge in [0.05, 0.1) is 11.4 Å². The fourth-order valence-corrected chi connectivity index (χ4v) is 3.02. The summed E-state index contributed by atoms with van der Waals surface area (Å²) in [6.45, 7) is 1.54. The van der Waals surface area contributed by atoms with Gasteiger partial charge in [-0.2, -0.15) is 8.42 Å². The zero-order valence-electron chi connectivity index (χ0n) is 9.53. The molecule has 92 valence electrons. The van der Waals surface area contributed by atoms with Gasteiger partial charge < -0.3 is 0 Å². The minimum atomic E-state index is -4.36. The van der Waals surface area contributed by atoms with E-state index in [-0.39, 0.29) is 5.84 Å². The Morgan fingerprint density at radius 1 is 1.17 bits per heavy atom. The van der Waals surface area contributed by atoms with Crippen LogP contribution in [0.2, 0.25) is 0 Å². The van der Waals surface area contributed by atoms with Crippen LogP contribution in [0.1, 0.15) is 6.92 Å². The highest BCUT2D eigenvalue weighted by Crippen LogP contribution is 2.39. The van der Waals surface area contributed by atoms with Crippen LogP contribution in [0.4, 0.5) is 11.4 Å². The smallest absolute Gasteiger partial charge is 0.269 e. The van der Waals surface area contributed by atoms with Crippen LogP contribution in [-0.2, 0) is 10.3 Å². The second-order valence-electron chi connectivity index (χ2n) is 4.05. The second kappa shape index (κ2) is 3.54. The van der Waals surface area contributed by atoms with E-state index in [9.17, 15) is 13.0 Å². The lowest BCUT2D eigenvalue weighted by atomic mass is 10.1. The lowest BCUT2D eigenvalue weighted by Gasteiger charge is -2.26. The molecule has 2 aromatic carbocycles. The van der Waals surface area contributed by atoms with Crippen LogP contribution >= 0.6 is 0 Å². The van der Waals surface area contributed by atoms with Gasteiger partial charge in [-0.1, -0.05) is 24.3 Å². The van der Waals surface area contributed by atoms with Crippen molar-refractivity contribution in [3.63, 3.8) is 0 Å². The SMILES string of the molecule is CC1=Nc2cccc3cccc(c23)N1S(=O)(=O)O. The average Bonchev–Trinajstić information content (AvgIpc) is 2.27. The third-order valence-electron chi connectivity index (χ3n) is 2.89. The largest absolute Gasteiger partial charge is 0.365 e. The van der Waals surface area contributed by atoms with Crippen molar-refractivity contribution < 1.29 is 13.0 Å². The number of rotatable bonds is 1. The molecule has 18 heavy (non-hydrogen) atoms. The highest BCUT2D eigenvalue weighted by atomic mass is 32.2. The van der Waals surface area contributed by atoms with Crippen LogP contribution in [0.25, 0.3) is 10.8 Å². The van der Waals surface area contributed by atoms with Crippen LogP contribution in [0.15, 0.2) is 41.4 Å². The van der Waals surface area contributed by atoms with Crippen LogP contribution in [0.5, 0.6) is 0 Å². The van der Waals surface area contributed by atoms with E-state index in [0.717, 1.165) is 15.1 Å². The van der Waals surface area contributed by atoms with Crippen molar-refractivity contribution in [1.29, 1.82) is 0 Å². The summed E-state index contributed by atoms with van der Waals surface area (Å²) < 4.78 is 33.1. The first kappa shape index (κ1) is 11.2. The molecule has 0 bridgehead atoms. The molecule has 0 atom stereocenters. The molecule has 0 fully saturated rings. The summed E-state index contributed by atoms with van der Waals surface area (Å²) in [5, 5.41) is 1.61. The number of amidine groups is 1. The number of benzene rings is 2. The summed E-state index contributed by atoms with van der Waals surface area (Å²) in [6.07, 6.45) is 0. The van der Waals surface area contributed by atoms with Crippen LogP contribution < -0.4 is 4.31 Å². The fraction of sp³-hybridized carbons (Fsp3) is 0.0833. The Hall–Kier alpha value is -1.92. The van der Waals surface area contributed by atoms with E-state index in [2.05, 4.69) is 4.99 Å². The van der Waals surface area contributed by atoms with Crippen molar-refractivity contribution >= 4 is 38.3 Å². The van der Waals surface area contributed by atoms with Crippen molar-refractivity contribution in [3.05, 3.63) is 36.4 Å². The summed E-state index contributed by atoms with van der Waals surface area (Å²) in [5.74, 6) is 0.226. The molecule has 1 aliphatic heterocycles. The van der Waals surface area contributed by atoms with Gasteiger partial charge in [0.15, 0.2) is 0 Å². The Morgan fingerprint density at radius 2 is 1.83 bits per heavy atom. The molecule has 2 aromatic rings. The molecule has 1 aliphatic rings. The summed E-state index contributed by atoms with van der Waals surface area (Å²) in [4.78, 5) is 4.22. The van der Waals surface area contributed by atoms with Crippen molar-refractivity contribution in [2.45, 2.75) is 6.92 Å². The third kappa shape index (κ3) is 1.50. The third-order valence-corrected chi connectivity index (χ3v) is 3.81. The van der Waals surface area contributed by atoms with Gasteiger partial charge in [-0.25, -0.2) is 9.30 Å². The van der Waals surface area contributed by atoms with Crippen LogP contribution in [0.3, 0.4) is 0 Å². The number of hydrogen-bond donors (Lipinski definition) is 1. The van der Waals surface area contributed by atoms with Crippen molar-refractivity contribution in [2.24, 2.45) is 4.99 Å². The molecule has 5 nitrogen and oxygen atoms in total. The lowest BCUT2D eigenvalue weighted by Crippen LogP contribution is -2.36. The minimum absolute atomic E-state index is 0.226. The molecule has 0 radical (unpaired) electrons. The number of anilines is 1. The molecule has 0 unspecified atom stereocenters. The molecule has 1 heterocycles. The maximum Gasteiger partial charge on any atom is 0.365 e. The topological polar surface area (TPSA) is 70.0 Å². The van der Waals surface area contributed by atoms with E-state index >= 15 is 0 Å². The maximum absolute atomic E-state index is 11.4. The molecule has 0 aromatic heterocycles. The summed E-state index contributed by atoms with van der Waals surface area (Å²) in [5.41, 5.74) is 1.14. The Labute approximate surface area is 104 Å². The average molecular weight is 262 g/mol. The van der Waals surface area contributed by atoms with Gasteiger partial charge in [-0.3, -0.25) is 4.55 Å². The molecule has 0 spiro atoms. The predicted molar refractivity (Wildman–Crippen MR) is 70.7 cm³/mol. The first-order chi connectivity index (χ1) is 8.48. The van der Waals surface area contributed by atoms with E-state index < -0.39 is 10.3 Å². The Morgan fingerprint density at radius 3 is 2.50 bits per heavy atom. The molecule has 0 saturated heterocycles. The predicted octanol–water partition coefficient (Wildman–Crippen LogP) is 2.51. The molecule has 0 amide bonds. The quantitative estimate of drug-likeness (QED) is 0.803. The Balaban J connectivity index is 2.46. The molecule has 0 saturated carbocycles. The van der Waals surface area contributed by atoms with Crippen molar-refractivity contribution in [3.8, 4) is 0 Å². The standard InChI is InChI=1S/C12H10N2O3S/c1-8-13-10-6-2-4-9-5-3-7-11(12(9)10)14(8)18(15,16)17/h2-7H,1H3,(H,15,16,17). The molecule has 0 aliphatic carbocycles. The van der Waals surface area contributed by atoms with E-state index in [1.54, 1.807) is 19.1 Å². The van der Waals surface area contributed by atoms with Gasteiger partial charge >= 0.3 is 10.3 Å². The van der Waals surface area contributed by atoms with E-state index in [1.807, 2.05) is 24.3 Å². The van der Waals surface area contributed by atoms with E-state index in [1.165, 1.54) is 0 Å². The van der Waals surface area contributed by atoms with Crippen LogP contribution in [-0.4, -0.2) is 18.8 Å². The highest BCUT2D eigenvalue weighted by Gasteiger charge is 2.28. The van der Waals surface area contributed by atoms with Crippen molar-refractivity contribution in [2.75, 3.05) is 4.31 Å². The Kier molecular flexibility index (Phi) is 2.20. The van der Waals surface area contributed by atoms with Gasteiger partial charge in [-0.15, -0.1) is 0 Å². The first-order valence-corrected chi connectivity index (χ1v) is 6.73. The molecular weight excluding hydrogens is 252 g/mol. The summed E-state index contributed by atoms with van der Waals surface area (Å²) in [6, 6.07) is 10.8. The second-order valence-corrected chi connectivity index (χ2v) is 5.31. The van der Waals surface area contributed by atoms with Gasteiger partial charge in [0.2, 0.25) is 0 Å². The van der Waals surface area contributed by atoms with Crippen LogP contribution in [0, 0.1) is 0 Å². The zero-order valence-corrected chi connectivity index (χ0v) is 10.3. The van der Waals surface area contributed by atoms with Gasteiger partial charge in [0.25, 0.3) is 0 Å². The molecule has 3 rings (SSSR count). The van der Waals surface area contributed by atoms with Gasteiger partial charge in [0, 0.05) is 5.39 Å². The molecule has 6 heteroatoms. The zero-order chi connectivity index (χ0) is 12.9. The maximum atomic E-state index is 11.4. The van der Waals surface area contributed by atoms with Gasteiger partial charge in [-0.05, 0) is 24.4 Å². The Bertz CT molecular complexity index is 776. The highest BCUT2D eigenvalue weighted by molar-refractivity contribution is 7.88. The molecular formula is C12H10N2O3S. The van der Waals surface area contributed by atoms with E-state index in [4.69, 9.17) is 0 Å². The number of nitrogens with zero attached hydrogens (tertiary/aromatic N) is 2. The summed E-state index contributed by atoms with van der Waals surface area (Å²) in [7, 11) is -4.36. The normalized spacial score (nSPS) is 14.8. The number of aliphatic imine (C=N–C) groups is 1. The minimum Gasteiger partial charge on any atom is -0.269 e. The first-order valence-electron chi connectivity index (χ1n) is 5.33. The molecule has 1 N–H and O–H groups in total.